The summed E-state index contributed by atoms with van der Waals surface area (Å²) in [6.07, 6.45) is -2.05. The predicted octanol–water partition coefficient (Wildman–Crippen LogP) is 2.77. The van der Waals surface area contributed by atoms with Crippen LogP contribution in [0.15, 0.2) is 16.7 Å². The van der Waals surface area contributed by atoms with E-state index in [4.69, 9.17) is 4.42 Å². The first-order valence-electron chi connectivity index (χ1n) is 6.49. The van der Waals surface area contributed by atoms with Crippen molar-refractivity contribution >= 4 is 0 Å². The molecule has 3 nitrogen and oxygen atoms in total. The molecule has 1 aromatic rings. The predicted molar refractivity (Wildman–Crippen MR) is 65.5 cm³/mol. The minimum Gasteiger partial charge on any atom is -0.468 e. The Kier molecular flexibility index (Phi) is 4.52. The molecule has 1 fully saturated rings. The van der Waals surface area contributed by atoms with Gasteiger partial charge in [-0.15, -0.1) is 0 Å². The standard InChI is InChI=1S/C13H19F3N2O/c1-17-8-10-4-7-19-12(10)9-18-5-2-11(3-6-18)13(14,15)16/h4,7,11,17H,2-3,5-6,8-9H2,1H3. The molecule has 1 aliphatic heterocycles. The van der Waals surface area contributed by atoms with Crippen molar-refractivity contribution in [3.8, 4) is 0 Å². The van der Waals surface area contributed by atoms with Gasteiger partial charge in [0, 0.05) is 12.1 Å². The highest BCUT2D eigenvalue weighted by atomic mass is 19.4. The first-order chi connectivity index (χ1) is 9.00. The van der Waals surface area contributed by atoms with Crippen LogP contribution in [0.2, 0.25) is 0 Å². The van der Waals surface area contributed by atoms with Gasteiger partial charge in [-0.3, -0.25) is 4.90 Å². The summed E-state index contributed by atoms with van der Waals surface area (Å²) in [5.74, 6) is -0.295. The summed E-state index contributed by atoms with van der Waals surface area (Å²) in [4.78, 5) is 2.03. The maximum Gasteiger partial charge on any atom is 0.391 e. The number of hydrogen-bond acceptors (Lipinski definition) is 3. The highest BCUT2D eigenvalue weighted by Gasteiger charge is 2.41. The number of alkyl halides is 3. The second-order valence-electron chi connectivity index (χ2n) is 4.99. The molecule has 0 amide bonds. The number of furan rings is 1. The molecule has 108 valence electrons. The molecule has 0 bridgehead atoms. The summed E-state index contributed by atoms with van der Waals surface area (Å²) in [5.41, 5.74) is 1.07. The number of piperidine rings is 1. The van der Waals surface area contributed by atoms with E-state index in [1.807, 2.05) is 18.0 Å². The molecule has 0 saturated carbocycles. The summed E-state index contributed by atoms with van der Waals surface area (Å²) in [5, 5.41) is 3.05. The van der Waals surface area contributed by atoms with E-state index in [1.54, 1.807) is 6.26 Å². The Labute approximate surface area is 110 Å². The second-order valence-corrected chi connectivity index (χ2v) is 4.99. The molecule has 2 rings (SSSR count). The van der Waals surface area contributed by atoms with Crippen LogP contribution in [0.5, 0.6) is 0 Å². The van der Waals surface area contributed by atoms with Crippen molar-refractivity contribution in [2.24, 2.45) is 5.92 Å². The summed E-state index contributed by atoms with van der Waals surface area (Å²) < 4.78 is 43.1. The molecule has 0 unspecified atom stereocenters. The molecule has 1 saturated heterocycles. The molecule has 0 spiro atoms. The van der Waals surface area contributed by atoms with Gasteiger partial charge in [0.25, 0.3) is 0 Å². The lowest BCUT2D eigenvalue weighted by atomic mass is 9.96. The largest absolute Gasteiger partial charge is 0.468 e. The summed E-state index contributed by atoms with van der Waals surface area (Å²) in [6, 6.07) is 1.90. The fourth-order valence-corrected chi connectivity index (χ4v) is 2.48. The highest BCUT2D eigenvalue weighted by molar-refractivity contribution is 5.16. The molecular weight excluding hydrogens is 257 g/mol. The number of nitrogens with one attached hydrogen (secondary N) is 1. The molecular formula is C13H19F3N2O. The van der Waals surface area contributed by atoms with Crippen molar-refractivity contribution in [1.82, 2.24) is 10.2 Å². The molecule has 19 heavy (non-hydrogen) atoms. The van der Waals surface area contributed by atoms with Crippen LogP contribution in [0.1, 0.15) is 24.2 Å². The highest BCUT2D eigenvalue weighted by Crippen LogP contribution is 2.34. The van der Waals surface area contributed by atoms with Gasteiger partial charge in [0.2, 0.25) is 0 Å². The Balaban J connectivity index is 1.87. The van der Waals surface area contributed by atoms with E-state index >= 15 is 0 Å². The molecule has 0 atom stereocenters. The fourth-order valence-electron chi connectivity index (χ4n) is 2.48. The Morgan fingerprint density at radius 2 is 2.05 bits per heavy atom. The molecule has 2 heterocycles. The molecule has 0 aromatic carbocycles. The second kappa shape index (κ2) is 5.96. The van der Waals surface area contributed by atoms with Crippen LogP contribution in [0, 0.1) is 5.92 Å². The minimum atomic E-state index is -4.05. The lowest BCUT2D eigenvalue weighted by molar-refractivity contribution is -0.185. The third-order valence-corrected chi connectivity index (χ3v) is 3.62. The van der Waals surface area contributed by atoms with Gasteiger partial charge in [-0.2, -0.15) is 13.2 Å². The van der Waals surface area contributed by atoms with Crippen molar-refractivity contribution in [1.29, 1.82) is 0 Å². The first kappa shape index (κ1) is 14.4. The van der Waals surface area contributed by atoms with Gasteiger partial charge in [-0.25, -0.2) is 0 Å². The van der Waals surface area contributed by atoms with Crippen molar-refractivity contribution in [3.05, 3.63) is 23.7 Å². The van der Waals surface area contributed by atoms with E-state index in [0.29, 0.717) is 26.2 Å². The fraction of sp³-hybridized carbons (Fsp3) is 0.692. The molecule has 1 N–H and O–H groups in total. The zero-order valence-corrected chi connectivity index (χ0v) is 11.0. The number of likely N-dealkylation sites (tertiary alicyclic amines) is 1. The zero-order chi connectivity index (χ0) is 13.9. The average Bonchev–Trinajstić information content (AvgIpc) is 2.77. The van der Waals surface area contributed by atoms with Gasteiger partial charge in [0.05, 0.1) is 18.7 Å². The summed E-state index contributed by atoms with van der Waals surface area (Å²) >= 11 is 0. The van der Waals surface area contributed by atoms with E-state index in [-0.39, 0.29) is 12.8 Å². The van der Waals surface area contributed by atoms with Gasteiger partial charge in [-0.1, -0.05) is 0 Å². The normalized spacial score (nSPS) is 18.9. The van der Waals surface area contributed by atoms with Crippen LogP contribution >= 0.6 is 0 Å². The quantitative estimate of drug-likeness (QED) is 0.916. The van der Waals surface area contributed by atoms with E-state index in [2.05, 4.69) is 5.32 Å². The zero-order valence-electron chi connectivity index (χ0n) is 11.0. The van der Waals surface area contributed by atoms with Crippen molar-refractivity contribution in [2.45, 2.75) is 32.1 Å². The maximum atomic E-state index is 12.6. The van der Waals surface area contributed by atoms with Crippen LogP contribution in [0.25, 0.3) is 0 Å². The Morgan fingerprint density at radius 3 is 2.63 bits per heavy atom. The number of rotatable bonds is 4. The van der Waals surface area contributed by atoms with Gasteiger partial charge in [-0.05, 0) is 39.0 Å². The molecule has 1 aromatic heterocycles. The van der Waals surface area contributed by atoms with E-state index in [9.17, 15) is 13.2 Å². The van der Waals surface area contributed by atoms with Crippen LogP contribution in [0.3, 0.4) is 0 Å². The lowest BCUT2D eigenvalue weighted by Gasteiger charge is -2.32. The molecule has 6 heteroatoms. The molecule has 1 aliphatic rings. The van der Waals surface area contributed by atoms with Crippen LogP contribution in [-0.2, 0) is 13.1 Å². The van der Waals surface area contributed by atoms with Gasteiger partial charge in [0.15, 0.2) is 0 Å². The molecule has 0 radical (unpaired) electrons. The Hall–Kier alpha value is -1.01. The lowest BCUT2D eigenvalue weighted by Crippen LogP contribution is -2.38. The number of nitrogens with zero attached hydrogens (tertiary/aromatic N) is 1. The Morgan fingerprint density at radius 1 is 1.37 bits per heavy atom. The number of hydrogen-bond donors (Lipinski definition) is 1. The van der Waals surface area contributed by atoms with Crippen LogP contribution in [-0.4, -0.2) is 31.2 Å². The Bertz CT molecular complexity index is 395. The minimum absolute atomic E-state index is 0.186. The topological polar surface area (TPSA) is 28.4 Å². The van der Waals surface area contributed by atoms with Crippen molar-refractivity contribution in [3.63, 3.8) is 0 Å². The van der Waals surface area contributed by atoms with Crippen molar-refractivity contribution in [2.75, 3.05) is 20.1 Å². The van der Waals surface area contributed by atoms with Crippen molar-refractivity contribution < 1.29 is 17.6 Å². The van der Waals surface area contributed by atoms with Crippen LogP contribution in [0.4, 0.5) is 13.2 Å². The monoisotopic (exact) mass is 276 g/mol. The van der Waals surface area contributed by atoms with Gasteiger partial charge < -0.3 is 9.73 Å². The van der Waals surface area contributed by atoms with E-state index < -0.39 is 12.1 Å². The summed E-state index contributed by atoms with van der Waals surface area (Å²) in [7, 11) is 1.85. The van der Waals surface area contributed by atoms with E-state index in [0.717, 1.165) is 11.3 Å². The summed E-state index contributed by atoms with van der Waals surface area (Å²) in [6.45, 7) is 2.26. The van der Waals surface area contributed by atoms with Gasteiger partial charge >= 0.3 is 6.18 Å². The van der Waals surface area contributed by atoms with Crippen LogP contribution < -0.4 is 5.32 Å². The number of halogens is 3. The first-order valence-corrected chi connectivity index (χ1v) is 6.49. The van der Waals surface area contributed by atoms with E-state index in [1.165, 1.54) is 0 Å². The molecule has 0 aliphatic carbocycles. The third-order valence-electron chi connectivity index (χ3n) is 3.62. The maximum absolute atomic E-state index is 12.6. The van der Waals surface area contributed by atoms with Gasteiger partial charge in [0.1, 0.15) is 5.76 Å². The third kappa shape index (κ3) is 3.73. The smallest absolute Gasteiger partial charge is 0.391 e. The SMILES string of the molecule is CNCc1ccoc1CN1CCC(C(F)(F)F)CC1. The average molecular weight is 276 g/mol.